The molecule has 0 bridgehead atoms. The Labute approximate surface area is 135 Å². The van der Waals surface area contributed by atoms with Crippen LogP contribution in [-0.4, -0.2) is 35.5 Å². The molecule has 0 radical (unpaired) electrons. The van der Waals surface area contributed by atoms with Crippen LogP contribution in [0.4, 0.5) is 5.69 Å². The summed E-state index contributed by atoms with van der Waals surface area (Å²) >= 11 is 0. The largest absolute Gasteiger partial charge is 0.484 e. The number of anilines is 1. The molecule has 0 aromatic heterocycles. The van der Waals surface area contributed by atoms with E-state index in [0.29, 0.717) is 11.4 Å². The van der Waals surface area contributed by atoms with E-state index in [1.807, 2.05) is 0 Å². The van der Waals surface area contributed by atoms with E-state index < -0.39 is 23.3 Å². The van der Waals surface area contributed by atoms with Crippen LogP contribution in [-0.2, 0) is 14.4 Å². The standard InChI is InChI=1S/C16H22N2O5/c1-10(14(20)21)17-13(19)9-23-12-7-5-6-11(8-12)18-15(22)16(2,3)4/h5-8,10H,9H2,1-4H3,(H,17,19)(H,18,22)(H,20,21). The predicted molar refractivity (Wildman–Crippen MR) is 85.3 cm³/mol. The van der Waals surface area contributed by atoms with Gasteiger partial charge >= 0.3 is 5.97 Å². The third-order valence-electron chi connectivity index (χ3n) is 2.89. The van der Waals surface area contributed by atoms with E-state index in [4.69, 9.17) is 9.84 Å². The van der Waals surface area contributed by atoms with Gasteiger partial charge in [0.15, 0.2) is 6.61 Å². The number of carbonyl (C=O) groups is 3. The number of ether oxygens (including phenoxy) is 1. The van der Waals surface area contributed by atoms with Crippen LogP contribution in [0.1, 0.15) is 27.7 Å². The van der Waals surface area contributed by atoms with E-state index >= 15 is 0 Å². The van der Waals surface area contributed by atoms with Crippen molar-refractivity contribution in [2.45, 2.75) is 33.7 Å². The summed E-state index contributed by atoms with van der Waals surface area (Å²) in [6, 6.07) is 5.65. The molecule has 0 heterocycles. The molecule has 1 atom stereocenters. The second-order valence-corrected chi connectivity index (χ2v) is 6.15. The summed E-state index contributed by atoms with van der Waals surface area (Å²) in [7, 11) is 0. The number of amides is 2. The molecule has 0 saturated carbocycles. The van der Waals surface area contributed by atoms with Crippen LogP contribution in [0.3, 0.4) is 0 Å². The minimum absolute atomic E-state index is 0.136. The predicted octanol–water partition coefficient (Wildman–Crippen LogP) is 1.64. The number of carboxylic acid groups (broad SMARTS) is 1. The number of benzene rings is 1. The zero-order chi connectivity index (χ0) is 17.6. The summed E-state index contributed by atoms with van der Waals surface area (Å²) in [5, 5.41) is 13.7. The second-order valence-electron chi connectivity index (χ2n) is 6.15. The maximum atomic E-state index is 11.9. The van der Waals surface area contributed by atoms with E-state index in [9.17, 15) is 14.4 Å². The maximum Gasteiger partial charge on any atom is 0.325 e. The van der Waals surface area contributed by atoms with Gasteiger partial charge in [0.1, 0.15) is 11.8 Å². The topological polar surface area (TPSA) is 105 Å². The van der Waals surface area contributed by atoms with Gasteiger partial charge in [0.25, 0.3) is 5.91 Å². The van der Waals surface area contributed by atoms with Gasteiger partial charge in [-0.2, -0.15) is 0 Å². The summed E-state index contributed by atoms with van der Waals surface area (Å²) in [4.78, 5) is 34.1. The number of aliphatic carboxylic acids is 1. The highest BCUT2D eigenvalue weighted by atomic mass is 16.5. The van der Waals surface area contributed by atoms with E-state index in [0.717, 1.165) is 0 Å². The van der Waals surface area contributed by atoms with Gasteiger partial charge in [-0.25, -0.2) is 0 Å². The Balaban J connectivity index is 2.59. The number of nitrogens with one attached hydrogen (secondary N) is 2. The zero-order valence-electron chi connectivity index (χ0n) is 13.7. The first kappa shape index (κ1) is 18.5. The Morgan fingerprint density at radius 1 is 1.26 bits per heavy atom. The van der Waals surface area contributed by atoms with Gasteiger partial charge in [-0.15, -0.1) is 0 Å². The van der Waals surface area contributed by atoms with E-state index in [1.165, 1.54) is 6.92 Å². The molecule has 1 aromatic carbocycles. The van der Waals surface area contributed by atoms with E-state index in [2.05, 4.69) is 10.6 Å². The first-order valence-electron chi connectivity index (χ1n) is 7.16. The first-order valence-corrected chi connectivity index (χ1v) is 7.16. The number of carboxylic acids is 1. The van der Waals surface area contributed by atoms with Gasteiger partial charge in [-0.05, 0) is 19.1 Å². The number of rotatable bonds is 6. The van der Waals surface area contributed by atoms with Crippen molar-refractivity contribution in [3.63, 3.8) is 0 Å². The summed E-state index contributed by atoms with van der Waals surface area (Å²) in [5.74, 6) is -1.40. The molecule has 0 saturated heterocycles. The molecule has 0 fully saturated rings. The Morgan fingerprint density at radius 2 is 1.91 bits per heavy atom. The monoisotopic (exact) mass is 322 g/mol. The average molecular weight is 322 g/mol. The van der Waals surface area contributed by atoms with E-state index in [1.54, 1.807) is 45.0 Å². The van der Waals surface area contributed by atoms with Gasteiger partial charge in [-0.1, -0.05) is 26.8 Å². The summed E-state index contributed by atoms with van der Waals surface area (Å²) in [6.45, 7) is 6.46. The molecule has 1 aromatic rings. The third kappa shape index (κ3) is 6.37. The second kappa shape index (κ2) is 7.62. The molecule has 7 heteroatoms. The highest BCUT2D eigenvalue weighted by molar-refractivity contribution is 5.94. The molecule has 0 aliphatic rings. The molecule has 3 N–H and O–H groups in total. The minimum atomic E-state index is -1.12. The van der Waals surface area contributed by atoms with Crippen LogP contribution in [0.5, 0.6) is 5.75 Å². The Hall–Kier alpha value is -2.57. The van der Waals surface area contributed by atoms with Crippen molar-refractivity contribution in [3.05, 3.63) is 24.3 Å². The number of hydrogen-bond donors (Lipinski definition) is 3. The van der Waals surface area contributed by atoms with Gasteiger partial charge in [0, 0.05) is 17.2 Å². The zero-order valence-corrected chi connectivity index (χ0v) is 13.7. The van der Waals surface area contributed by atoms with Gasteiger partial charge in [0.05, 0.1) is 0 Å². The summed E-state index contributed by atoms with van der Waals surface area (Å²) < 4.78 is 5.30. The average Bonchev–Trinajstić information content (AvgIpc) is 2.44. The van der Waals surface area contributed by atoms with Crippen molar-refractivity contribution in [1.29, 1.82) is 0 Å². The van der Waals surface area contributed by atoms with Crippen molar-refractivity contribution in [3.8, 4) is 5.75 Å². The Kier molecular flexibility index (Phi) is 6.12. The van der Waals surface area contributed by atoms with Crippen LogP contribution < -0.4 is 15.4 Å². The fraction of sp³-hybridized carbons (Fsp3) is 0.438. The molecular weight excluding hydrogens is 300 g/mol. The lowest BCUT2D eigenvalue weighted by atomic mass is 9.95. The SMILES string of the molecule is CC(NC(=O)COc1cccc(NC(=O)C(C)(C)C)c1)C(=O)O. The quantitative estimate of drug-likeness (QED) is 0.738. The Bertz CT molecular complexity index is 592. The number of hydrogen-bond acceptors (Lipinski definition) is 4. The van der Waals surface area contributed by atoms with Gasteiger partial charge in [-0.3, -0.25) is 14.4 Å². The van der Waals surface area contributed by atoms with E-state index in [-0.39, 0.29) is 12.5 Å². The summed E-state index contributed by atoms with van der Waals surface area (Å²) in [5.41, 5.74) is 0.0331. The number of carbonyl (C=O) groups excluding carboxylic acids is 2. The fourth-order valence-electron chi connectivity index (χ4n) is 1.48. The third-order valence-corrected chi connectivity index (χ3v) is 2.89. The molecule has 126 valence electrons. The van der Waals surface area contributed by atoms with Crippen LogP contribution in [0.15, 0.2) is 24.3 Å². The van der Waals surface area contributed by atoms with Crippen LogP contribution in [0.2, 0.25) is 0 Å². The van der Waals surface area contributed by atoms with Gasteiger partial charge < -0.3 is 20.5 Å². The maximum absolute atomic E-state index is 11.9. The lowest BCUT2D eigenvalue weighted by molar-refractivity contribution is -0.141. The van der Waals surface area contributed by atoms with Crippen molar-refractivity contribution >= 4 is 23.5 Å². The molecule has 23 heavy (non-hydrogen) atoms. The van der Waals surface area contributed by atoms with Crippen molar-refractivity contribution in [2.75, 3.05) is 11.9 Å². The molecule has 1 unspecified atom stereocenters. The summed E-state index contributed by atoms with van der Waals surface area (Å²) in [6.07, 6.45) is 0. The molecule has 0 aliphatic carbocycles. The smallest absolute Gasteiger partial charge is 0.325 e. The van der Waals surface area contributed by atoms with Crippen molar-refractivity contribution in [1.82, 2.24) is 5.32 Å². The first-order chi connectivity index (χ1) is 10.6. The lowest BCUT2D eigenvalue weighted by Crippen LogP contribution is -2.40. The molecule has 0 spiro atoms. The fourth-order valence-corrected chi connectivity index (χ4v) is 1.48. The highest BCUT2D eigenvalue weighted by Crippen LogP contribution is 2.21. The highest BCUT2D eigenvalue weighted by Gasteiger charge is 2.21. The van der Waals surface area contributed by atoms with Crippen LogP contribution in [0, 0.1) is 5.41 Å². The lowest BCUT2D eigenvalue weighted by Gasteiger charge is -2.18. The molecular formula is C16H22N2O5. The molecule has 1 rings (SSSR count). The Morgan fingerprint density at radius 3 is 2.48 bits per heavy atom. The van der Waals surface area contributed by atoms with Crippen molar-refractivity contribution < 1.29 is 24.2 Å². The van der Waals surface area contributed by atoms with Crippen molar-refractivity contribution in [2.24, 2.45) is 5.41 Å². The molecule has 2 amide bonds. The minimum Gasteiger partial charge on any atom is -0.484 e. The molecule has 7 nitrogen and oxygen atoms in total. The van der Waals surface area contributed by atoms with Gasteiger partial charge in [0.2, 0.25) is 5.91 Å². The van der Waals surface area contributed by atoms with Crippen LogP contribution >= 0.6 is 0 Å². The normalized spacial score (nSPS) is 12.2. The molecule has 0 aliphatic heterocycles. The van der Waals surface area contributed by atoms with Crippen LogP contribution in [0.25, 0.3) is 0 Å².